The summed E-state index contributed by atoms with van der Waals surface area (Å²) in [6.45, 7) is 1.13. The van der Waals surface area contributed by atoms with Gasteiger partial charge in [-0.1, -0.05) is 12.1 Å². The Bertz CT molecular complexity index is 692. The fourth-order valence-electron chi connectivity index (χ4n) is 2.70. The summed E-state index contributed by atoms with van der Waals surface area (Å²) >= 11 is 3.42. The highest BCUT2D eigenvalue weighted by Crippen LogP contribution is 2.25. The third-order valence-electron chi connectivity index (χ3n) is 4.02. The molecule has 1 fully saturated rings. The molecule has 1 aromatic heterocycles. The van der Waals surface area contributed by atoms with E-state index in [0.29, 0.717) is 31.7 Å². The second kappa shape index (κ2) is 7.00. The van der Waals surface area contributed by atoms with Crippen molar-refractivity contribution < 1.29 is 14.0 Å². The largest absolute Gasteiger partial charge is 0.459 e. The van der Waals surface area contributed by atoms with Crippen molar-refractivity contribution in [3.8, 4) is 0 Å². The van der Waals surface area contributed by atoms with E-state index in [1.165, 1.54) is 6.26 Å². The van der Waals surface area contributed by atoms with Crippen molar-refractivity contribution in [1.29, 1.82) is 0 Å². The first-order valence-corrected chi connectivity index (χ1v) is 8.32. The molecule has 23 heavy (non-hydrogen) atoms. The van der Waals surface area contributed by atoms with Gasteiger partial charge in [-0.05, 0) is 53.0 Å². The van der Waals surface area contributed by atoms with Crippen LogP contribution in [0.25, 0.3) is 0 Å². The van der Waals surface area contributed by atoms with E-state index in [9.17, 15) is 9.59 Å². The van der Waals surface area contributed by atoms with Crippen molar-refractivity contribution in [2.24, 2.45) is 5.92 Å². The van der Waals surface area contributed by atoms with Crippen LogP contribution in [0.2, 0.25) is 0 Å². The normalized spacial score (nSPS) is 15.4. The molecule has 2 heterocycles. The number of rotatable bonds is 3. The molecule has 0 saturated carbocycles. The number of piperidine rings is 1. The number of nitrogens with one attached hydrogen (secondary N) is 1. The smallest absolute Gasteiger partial charge is 0.289 e. The Morgan fingerprint density at radius 1 is 1.13 bits per heavy atom. The number of amides is 2. The van der Waals surface area contributed by atoms with Gasteiger partial charge in [0.25, 0.3) is 5.91 Å². The predicted octanol–water partition coefficient (Wildman–Crippen LogP) is 3.53. The van der Waals surface area contributed by atoms with E-state index >= 15 is 0 Å². The number of carbonyl (C=O) groups is 2. The van der Waals surface area contributed by atoms with Crippen LogP contribution in [0.15, 0.2) is 51.6 Å². The van der Waals surface area contributed by atoms with Crippen LogP contribution in [-0.2, 0) is 4.79 Å². The second-order valence-corrected chi connectivity index (χ2v) is 6.37. The molecule has 1 N–H and O–H groups in total. The molecule has 5 nitrogen and oxygen atoms in total. The zero-order valence-corrected chi connectivity index (χ0v) is 14.1. The molecule has 2 aromatic rings. The van der Waals surface area contributed by atoms with Crippen molar-refractivity contribution in [3.05, 3.63) is 52.9 Å². The lowest BCUT2D eigenvalue weighted by Crippen LogP contribution is -2.41. The Balaban J connectivity index is 1.55. The number of anilines is 1. The molecule has 0 radical (unpaired) electrons. The van der Waals surface area contributed by atoms with Gasteiger partial charge in [0.15, 0.2) is 5.76 Å². The second-order valence-electron chi connectivity index (χ2n) is 5.51. The molecule has 1 aliphatic heterocycles. The first-order valence-electron chi connectivity index (χ1n) is 7.53. The Morgan fingerprint density at radius 2 is 1.87 bits per heavy atom. The minimum atomic E-state index is -0.111. The fourth-order valence-corrected chi connectivity index (χ4v) is 3.08. The Morgan fingerprint density at radius 3 is 2.52 bits per heavy atom. The van der Waals surface area contributed by atoms with E-state index < -0.39 is 0 Å². The van der Waals surface area contributed by atoms with E-state index in [4.69, 9.17) is 4.42 Å². The van der Waals surface area contributed by atoms with Gasteiger partial charge in [0.05, 0.1) is 12.0 Å². The van der Waals surface area contributed by atoms with Crippen LogP contribution in [0, 0.1) is 5.92 Å². The number of carbonyl (C=O) groups excluding carboxylic acids is 2. The van der Waals surface area contributed by atoms with Crippen LogP contribution in [0.1, 0.15) is 23.4 Å². The minimum Gasteiger partial charge on any atom is -0.459 e. The van der Waals surface area contributed by atoms with Gasteiger partial charge in [-0.25, -0.2) is 0 Å². The summed E-state index contributed by atoms with van der Waals surface area (Å²) in [6.07, 6.45) is 2.80. The first kappa shape index (κ1) is 15.8. The van der Waals surface area contributed by atoms with Crippen molar-refractivity contribution in [3.63, 3.8) is 0 Å². The third kappa shape index (κ3) is 3.64. The summed E-state index contributed by atoms with van der Waals surface area (Å²) < 4.78 is 6.00. The molecule has 1 aromatic carbocycles. The summed E-state index contributed by atoms with van der Waals surface area (Å²) in [7, 11) is 0. The van der Waals surface area contributed by atoms with E-state index in [-0.39, 0.29) is 17.7 Å². The lowest BCUT2D eigenvalue weighted by atomic mass is 9.95. The summed E-state index contributed by atoms with van der Waals surface area (Å²) in [4.78, 5) is 26.3. The highest BCUT2D eigenvalue weighted by Gasteiger charge is 2.28. The number of benzene rings is 1. The first-order chi connectivity index (χ1) is 11.1. The van der Waals surface area contributed by atoms with Gasteiger partial charge >= 0.3 is 0 Å². The lowest BCUT2D eigenvalue weighted by molar-refractivity contribution is -0.121. The Labute approximate surface area is 142 Å². The van der Waals surface area contributed by atoms with Crippen LogP contribution >= 0.6 is 15.9 Å². The molecule has 0 unspecified atom stereocenters. The van der Waals surface area contributed by atoms with E-state index in [1.54, 1.807) is 17.0 Å². The number of hydrogen-bond acceptors (Lipinski definition) is 3. The summed E-state index contributed by atoms with van der Waals surface area (Å²) in [5.41, 5.74) is 0.770. The number of likely N-dealkylation sites (tertiary alicyclic amines) is 1. The van der Waals surface area contributed by atoms with Gasteiger partial charge in [-0.2, -0.15) is 0 Å². The number of hydrogen-bond donors (Lipinski definition) is 1. The molecule has 120 valence electrons. The number of para-hydroxylation sites is 1. The molecular formula is C17H17BrN2O3. The molecular weight excluding hydrogens is 360 g/mol. The number of furan rings is 1. The molecule has 2 amide bonds. The zero-order chi connectivity index (χ0) is 16.2. The molecule has 3 rings (SSSR count). The van der Waals surface area contributed by atoms with Crippen LogP contribution < -0.4 is 5.32 Å². The number of nitrogens with zero attached hydrogens (tertiary/aromatic N) is 1. The standard InChI is InChI=1S/C17H17BrN2O3/c18-13-4-1-2-5-14(13)19-16(21)12-7-9-20(10-8-12)17(22)15-6-3-11-23-15/h1-6,11-12H,7-10H2,(H,19,21). The molecule has 1 saturated heterocycles. The van der Waals surface area contributed by atoms with E-state index in [0.717, 1.165) is 10.2 Å². The quantitative estimate of drug-likeness (QED) is 0.890. The molecule has 0 spiro atoms. The van der Waals surface area contributed by atoms with Crippen molar-refractivity contribution in [1.82, 2.24) is 4.90 Å². The third-order valence-corrected chi connectivity index (χ3v) is 4.71. The Kier molecular flexibility index (Phi) is 4.81. The topological polar surface area (TPSA) is 62.6 Å². The maximum Gasteiger partial charge on any atom is 0.289 e. The molecule has 1 aliphatic rings. The molecule has 0 atom stereocenters. The molecule has 6 heteroatoms. The SMILES string of the molecule is O=C(Nc1ccccc1Br)C1CCN(C(=O)c2ccco2)CC1. The highest BCUT2D eigenvalue weighted by atomic mass is 79.9. The van der Waals surface area contributed by atoms with Gasteiger partial charge in [0.1, 0.15) is 0 Å². The van der Waals surface area contributed by atoms with E-state index in [1.807, 2.05) is 24.3 Å². The fraction of sp³-hybridized carbons (Fsp3) is 0.294. The van der Waals surface area contributed by atoms with Crippen LogP contribution in [0.3, 0.4) is 0 Å². The minimum absolute atomic E-state index is 0.00185. The maximum absolute atomic E-state index is 12.4. The Hall–Kier alpha value is -2.08. The summed E-state index contributed by atoms with van der Waals surface area (Å²) in [6, 6.07) is 10.9. The summed E-state index contributed by atoms with van der Waals surface area (Å²) in [5.74, 6) is 0.158. The number of halogens is 1. The van der Waals surface area contributed by atoms with Crippen LogP contribution in [0.5, 0.6) is 0 Å². The monoisotopic (exact) mass is 376 g/mol. The maximum atomic E-state index is 12.4. The van der Waals surface area contributed by atoms with Gasteiger partial charge < -0.3 is 14.6 Å². The van der Waals surface area contributed by atoms with E-state index in [2.05, 4.69) is 21.2 Å². The van der Waals surface area contributed by atoms with Crippen LogP contribution in [-0.4, -0.2) is 29.8 Å². The van der Waals surface area contributed by atoms with Gasteiger partial charge in [-0.15, -0.1) is 0 Å². The average Bonchev–Trinajstić information content (AvgIpc) is 3.11. The van der Waals surface area contributed by atoms with Crippen molar-refractivity contribution in [2.45, 2.75) is 12.8 Å². The lowest BCUT2D eigenvalue weighted by Gasteiger charge is -2.30. The molecule has 0 aliphatic carbocycles. The van der Waals surface area contributed by atoms with Gasteiger partial charge in [0, 0.05) is 23.5 Å². The van der Waals surface area contributed by atoms with Gasteiger partial charge in [0.2, 0.25) is 5.91 Å². The molecule has 0 bridgehead atoms. The van der Waals surface area contributed by atoms with Crippen molar-refractivity contribution in [2.75, 3.05) is 18.4 Å². The van der Waals surface area contributed by atoms with Gasteiger partial charge in [-0.3, -0.25) is 9.59 Å². The van der Waals surface area contributed by atoms with Crippen molar-refractivity contribution >= 4 is 33.4 Å². The summed E-state index contributed by atoms with van der Waals surface area (Å²) in [5, 5.41) is 2.94. The average molecular weight is 377 g/mol. The highest BCUT2D eigenvalue weighted by molar-refractivity contribution is 9.10. The predicted molar refractivity (Wildman–Crippen MR) is 90.1 cm³/mol. The van der Waals surface area contributed by atoms with Crippen LogP contribution in [0.4, 0.5) is 5.69 Å². The zero-order valence-electron chi connectivity index (χ0n) is 12.5.